The third-order valence-electron chi connectivity index (χ3n) is 3.18. The predicted molar refractivity (Wildman–Crippen MR) is 84.4 cm³/mol. The summed E-state index contributed by atoms with van der Waals surface area (Å²) < 4.78 is 16.2. The number of hydrogen-bond acceptors (Lipinski definition) is 5. The summed E-state index contributed by atoms with van der Waals surface area (Å²) in [7, 11) is 1.61. The van der Waals surface area contributed by atoms with Crippen LogP contribution in [0.25, 0.3) is 0 Å². The van der Waals surface area contributed by atoms with Crippen molar-refractivity contribution in [3.05, 3.63) is 23.8 Å². The molecule has 0 aromatic heterocycles. The van der Waals surface area contributed by atoms with E-state index < -0.39 is 11.7 Å². The van der Waals surface area contributed by atoms with Gasteiger partial charge in [0, 0.05) is 23.9 Å². The number of morpholine rings is 1. The molecule has 0 radical (unpaired) electrons. The number of rotatable bonds is 3. The Kier molecular flexibility index (Phi) is 5.26. The summed E-state index contributed by atoms with van der Waals surface area (Å²) in [5, 5.41) is 6.09. The average Bonchev–Trinajstić information content (AvgIpc) is 2.46. The molecule has 122 valence electrons. The molecule has 1 fully saturated rings. The summed E-state index contributed by atoms with van der Waals surface area (Å²) >= 11 is 0. The normalized spacial score (nSPS) is 18.6. The van der Waals surface area contributed by atoms with E-state index in [1.807, 2.05) is 32.9 Å². The van der Waals surface area contributed by atoms with Gasteiger partial charge in [-0.1, -0.05) is 6.07 Å². The molecule has 0 aliphatic carbocycles. The average molecular weight is 308 g/mol. The van der Waals surface area contributed by atoms with Crippen molar-refractivity contribution in [1.82, 2.24) is 5.32 Å². The first-order chi connectivity index (χ1) is 10.4. The van der Waals surface area contributed by atoms with E-state index in [-0.39, 0.29) is 6.04 Å². The Morgan fingerprint density at radius 2 is 2.18 bits per heavy atom. The Morgan fingerprint density at radius 3 is 2.77 bits per heavy atom. The molecule has 2 N–H and O–H groups in total. The molecule has 22 heavy (non-hydrogen) atoms. The first-order valence-corrected chi connectivity index (χ1v) is 7.38. The van der Waals surface area contributed by atoms with Crippen molar-refractivity contribution >= 4 is 11.8 Å². The number of nitrogens with one attached hydrogen (secondary N) is 2. The lowest BCUT2D eigenvalue weighted by atomic mass is 10.0. The number of hydrogen-bond donors (Lipinski definition) is 2. The molecule has 1 aliphatic rings. The molecule has 1 aromatic rings. The minimum Gasteiger partial charge on any atom is -0.496 e. The first-order valence-electron chi connectivity index (χ1n) is 7.38. The highest BCUT2D eigenvalue weighted by molar-refractivity contribution is 5.85. The zero-order chi connectivity index (χ0) is 16.2. The van der Waals surface area contributed by atoms with Gasteiger partial charge in [-0.15, -0.1) is 0 Å². The number of methoxy groups -OCH3 is 1. The van der Waals surface area contributed by atoms with Gasteiger partial charge in [0.05, 0.1) is 26.4 Å². The monoisotopic (exact) mass is 308 g/mol. The standard InChI is InChI=1S/C16H24N2O4/c1-16(2,3)22-15(19)18-11-5-6-12(14(9-11)20-4)13-10-21-8-7-17-13/h5-6,9,13,17H,7-8,10H2,1-4H3,(H,18,19). The van der Waals surface area contributed by atoms with Crippen molar-refractivity contribution in [2.45, 2.75) is 32.4 Å². The summed E-state index contributed by atoms with van der Waals surface area (Å²) in [6, 6.07) is 5.64. The molecule has 0 saturated carbocycles. The van der Waals surface area contributed by atoms with Crippen LogP contribution in [-0.2, 0) is 9.47 Å². The molecule has 6 nitrogen and oxygen atoms in total. The summed E-state index contributed by atoms with van der Waals surface area (Å²) in [4.78, 5) is 11.8. The molecule has 1 heterocycles. The SMILES string of the molecule is COc1cc(NC(=O)OC(C)(C)C)ccc1C1COCCN1. The lowest BCUT2D eigenvalue weighted by Gasteiger charge is -2.26. The van der Waals surface area contributed by atoms with Gasteiger partial charge >= 0.3 is 6.09 Å². The molecule has 1 amide bonds. The van der Waals surface area contributed by atoms with E-state index in [1.165, 1.54) is 0 Å². The van der Waals surface area contributed by atoms with Gasteiger partial charge in [-0.3, -0.25) is 5.32 Å². The number of benzene rings is 1. The zero-order valence-electron chi connectivity index (χ0n) is 13.6. The van der Waals surface area contributed by atoms with Gasteiger partial charge in [0.1, 0.15) is 11.4 Å². The molecule has 1 aliphatic heterocycles. The van der Waals surface area contributed by atoms with Crippen molar-refractivity contribution in [3.63, 3.8) is 0 Å². The zero-order valence-corrected chi connectivity index (χ0v) is 13.6. The van der Waals surface area contributed by atoms with Crippen molar-refractivity contribution in [2.24, 2.45) is 0 Å². The predicted octanol–water partition coefficient (Wildman–Crippen LogP) is 2.70. The maximum absolute atomic E-state index is 11.8. The van der Waals surface area contributed by atoms with E-state index in [9.17, 15) is 4.79 Å². The minimum absolute atomic E-state index is 0.0966. The first kappa shape index (κ1) is 16.6. The molecule has 1 unspecified atom stereocenters. The Hall–Kier alpha value is -1.79. The minimum atomic E-state index is -0.530. The fourth-order valence-electron chi connectivity index (χ4n) is 2.26. The van der Waals surface area contributed by atoms with Crippen LogP contribution in [0.2, 0.25) is 0 Å². The second kappa shape index (κ2) is 6.98. The maximum atomic E-state index is 11.8. The van der Waals surface area contributed by atoms with E-state index in [4.69, 9.17) is 14.2 Å². The Balaban J connectivity index is 2.09. The van der Waals surface area contributed by atoms with Crippen LogP contribution in [0.5, 0.6) is 5.75 Å². The Bertz CT molecular complexity index is 519. The number of carbonyl (C=O) groups is 1. The summed E-state index contributed by atoms with van der Waals surface area (Å²) in [5.41, 5.74) is 1.11. The van der Waals surface area contributed by atoms with Crippen molar-refractivity contribution < 1.29 is 19.0 Å². The third-order valence-corrected chi connectivity index (χ3v) is 3.18. The van der Waals surface area contributed by atoms with Gasteiger partial charge in [-0.05, 0) is 26.8 Å². The van der Waals surface area contributed by atoms with E-state index >= 15 is 0 Å². The van der Waals surface area contributed by atoms with Gasteiger partial charge in [0.15, 0.2) is 0 Å². The van der Waals surface area contributed by atoms with Crippen LogP contribution >= 0.6 is 0 Å². The molecular formula is C16H24N2O4. The van der Waals surface area contributed by atoms with Gasteiger partial charge in [0.25, 0.3) is 0 Å². The number of ether oxygens (including phenoxy) is 3. The molecule has 6 heteroatoms. The van der Waals surface area contributed by atoms with Gasteiger partial charge in [0.2, 0.25) is 0 Å². The van der Waals surface area contributed by atoms with E-state index in [0.29, 0.717) is 18.0 Å². The molecule has 0 bridgehead atoms. The van der Waals surface area contributed by atoms with Crippen molar-refractivity contribution in [1.29, 1.82) is 0 Å². The van der Waals surface area contributed by atoms with Gasteiger partial charge < -0.3 is 19.5 Å². The summed E-state index contributed by atoms with van der Waals surface area (Å²) in [6.07, 6.45) is -0.485. The quantitative estimate of drug-likeness (QED) is 0.898. The van der Waals surface area contributed by atoms with Gasteiger partial charge in [-0.2, -0.15) is 0 Å². The lowest BCUT2D eigenvalue weighted by Crippen LogP contribution is -2.34. The van der Waals surface area contributed by atoms with Crippen LogP contribution in [0, 0.1) is 0 Å². The lowest BCUT2D eigenvalue weighted by molar-refractivity contribution is 0.0636. The number of anilines is 1. The molecule has 1 saturated heterocycles. The van der Waals surface area contributed by atoms with Gasteiger partial charge in [-0.25, -0.2) is 4.79 Å². The highest BCUT2D eigenvalue weighted by atomic mass is 16.6. The van der Waals surface area contributed by atoms with E-state index in [1.54, 1.807) is 13.2 Å². The Labute approximate surface area is 131 Å². The van der Waals surface area contributed by atoms with E-state index in [0.717, 1.165) is 18.7 Å². The largest absolute Gasteiger partial charge is 0.496 e. The van der Waals surface area contributed by atoms with Crippen molar-refractivity contribution in [3.8, 4) is 5.75 Å². The third kappa shape index (κ3) is 4.61. The molecular weight excluding hydrogens is 284 g/mol. The number of carbonyl (C=O) groups excluding carboxylic acids is 1. The smallest absolute Gasteiger partial charge is 0.412 e. The molecule has 1 atom stereocenters. The fourth-order valence-corrected chi connectivity index (χ4v) is 2.26. The molecule has 0 spiro atoms. The van der Waals surface area contributed by atoms with Crippen LogP contribution in [0.1, 0.15) is 32.4 Å². The van der Waals surface area contributed by atoms with E-state index in [2.05, 4.69) is 10.6 Å². The van der Waals surface area contributed by atoms with Crippen molar-refractivity contribution in [2.75, 3.05) is 32.2 Å². The van der Waals surface area contributed by atoms with Crippen LogP contribution < -0.4 is 15.4 Å². The second-order valence-corrected chi connectivity index (χ2v) is 6.17. The molecule has 2 rings (SSSR count). The molecule has 1 aromatic carbocycles. The fraction of sp³-hybridized carbons (Fsp3) is 0.562. The highest BCUT2D eigenvalue weighted by Crippen LogP contribution is 2.29. The maximum Gasteiger partial charge on any atom is 0.412 e. The highest BCUT2D eigenvalue weighted by Gasteiger charge is 2.20. The number of amides is 1. The van der Waals surface area contributed by atoms with Crippen LogP contribution in [0.3, 0.4) is 0 Å². The summed E-state index contributed by atoms with van der Waals surface area (Å²) in [5.74, 6) is 0.705. The van der Waals surface area contributed by atoms with Crippen LogP contribution in [0.4, 0.5) is 10.5 Å². The Morgan fingerprint density at radius 1 is 1.41 bits per heavy atom. The second-order valence-electron chi connectivity index (χ2n) is 6.17. The topological polar surface area (TPSA) is 68.8 Å². The van der Waals surface area contributed by atoms with Crippen LogP contribution in [-0.4, -0.2) is 38.6 Å². The van der Waals surface area contributed by atoms with Crippen LogP contribution in [0.15, 0.2) is 18.2 Å². The summed E-state index contributed by atoms with van der Waals surface area (Å²) in [6.45, 7) is 7.61.